The molecule has 3 rings (SSSR count). The number of fused-ring (bicyclic) bond motifs is 1. The molecule has 0 saturated heterocycles. The zero-order chi connectivity index (χ0) is 18.2. The lowest BCUT2D eigenvalue weighted by molar-refractivity contribution is 0.0998. The summed E-state index contributed by atoms with van der Waals surface area (Å²) in [6.07, 6.45) is 3.29. The Bertz CT molecular complexity index is 960. The molecule has 0 amide bonds. The molecule has 2 aromatic rings. The van der Waals surface area contributed by atoms with Gasteiger partial charge in [0.05, 0.1) is 23.7 Å². The van der Waals surface area contributed by atoms with Crippen molar-refractivity contribution >= 4 is 21.9 Å². The van der Waals surface area contributed by atoms with Gasteiger partial charge >= 0.3 is 0 Å². The van der Waals surface area contributed by atoms with Crippen molar-refractivity contribution in [3.05, 3.63) is 53.0 Å². The smallest absolute Gasteiger partial charge is 0.265 e. The number of aryl methyl sites for hydroxylation is 2. The number of nitrogens with zero attached hydrogens (tertiary/aromatic N) is 3. The van der Waals surface area contributed by atoms with Gasteiger partial charge in [0.2, 0.25) is 5.78 Å². The van der Waals surface area contributed by atoms with Crippen LogP contribution in [0.5, 0.6) is 0 Å². The summed E-state index contributed by atoms with van der Waals surface area (Å²) in [4.78, 5) is 12.9. The van der Waals surface area contributed by atoms with Gasteiger partial charge in [0.15, 0.2) is 0 Å². The second kappa shape index (κ2) is 6.45. The monoisotopic (exact) mass is 361 g/mol. The first-order valence-corrected chi connectivity index (χ1v) is 9.37. The summed E-state index contributed by atoms with van der Waals surface area (Å²) in [7, 11) is -3.90. The minimum Gasteiger partial charge on any atom is -0.394 e. The normalized spacial score (nSPS) is 17.8. The Morgan fingerprint density at radius 3 is 2.64 bits per heavy atom. The van der Waals surface area contributed by atoms with E-state index in [1.165, 1.54) is 18.2 Å². The van der Waals surface area contributed by atoms with Crippen LogP contribution in [-0.2, 0) is 16.6 Å². The summed E-state index contributed by atoms with van der Waals surface area (Å²) >= 11 is 0. The summed E-state index contributed by atoms with van der Waals surface area (Å²) in [5.74, 6) is -0.387. The van der Waals surface area contributed by atoms with Gasteiger partial charge in [-0.1, -0.05) is 12.1 Å². The summed E-state index contributed by atoms with van der Waals surface area (Å²) in [6, 6.07) is 6.11. The number of aliphatic hydroxyl groups is 1. The first-order valence-electron chi connectivity index (χ1n) is 7.93. The molecule has 1 aromatic carbocycles. The van der Waals surface area contributed by atoms with Crippen molar-refractivity contribution in [2.45, 2.75) is 25.3 Å². The van der Waals surface area contributed by atoms with E-state index in [1.807, 2.05) is 6.92 Å². The predicted octanol–water partition coefficient (Wildman–Crippen LogP) is 1.43. The van der Waals surface area contributed by atoms with Crippen molar-refractivity contribution in [2.24, 2.45) is 0 Å². The lowest BCUT2D eigenvalue weighted by atomic mass is 10.1. The third-order valence-electron chi connectivity index (χ3n) is 4.10. The van der Waals surface area contributed by atoms with E-state index in [9.17, 15) is 18.3 Å². The fourth-order valence-corrected chi connectivity index (χ4v) is 4.48. The standard InChI is InChI=1S/C17H19N3O4S/c1-3-19-11-13(12(2)18-19)10-15-17(22)14-6-4-5-7-16(14)25(23,24)20(15)8-9-21/h4-7,10-11,21H,3,8-9H2,1-2H3/b15-10-. The average molecular weight is 361 g/mol. The van der Waals surface area contributed by atoms with Crippen molar-refractivity contribution in [3.63, 3.8) is 0 Å². The molecule has 8 heteroatoms. The number of Topliss-reactive ketones (excluding diaryl/α,β-unsaturated/α-hetero) is 1. The van der Waals surface area contributed by atoms with E-state index in [-0.39, 0.29) is 35.1 Å². The van der Waals surface area contributed by atoms with Gasteiger partial charge in [-0.25, -0.2) is 8.42 Å². The third kappa shape index (κ3) is 2.87. The predicted molar refractivity (Wildman–Crippen MR) is 92.4 cm³/mol. The first-order chi connectivity index (χ1) is 11.9. The number of carbonyl (C=O) groups excluding carboxylic acids is 1. The summed E-state index contributed by atoms with van der Waals surface area (Å²) in [5, 5.41) is 13.6. The molecule has 0 bridgehead atoms. The molecule has 0 saturated carbocycles. The molecule has 0 spiro atoms. The maximum absolute atomic E-state index is 12.9. The molecule has 1 aliphatic rings. The zero-order valence-electron chi connectivity index (χ0n) is 14.0. The number of carbonyl (C=O) groups is 1. The van der Waals surface area contributed by atoms with Gasteiger partial charge in [0, 0.05) is 23.9 Å². The maximum Gasteiger partial charge on any atom is 0.265 e. The van der Waals surface area contributed by atoms with Crippen LogP contribution in [0.4, 0.5) is 0 Å². The van der Waals surface area contributed by atoms with E-state index in [1.54, 1.807) is 29.9 Å². The minimum absolute atomic E-state index is 0.0199. The minimum atomic E-state index is -3.90. The number of benzene rings is 1. The van der Waals surface area contributed by atoms with Crippen molar-refractivity contribution in [2.75, 3.05) is 13.2 Å². The van der Waals surface area contributed by atoms with E-state index in [2.05, 4.69) is 5.10 Å². The molecule has 0 unspecified atom stereocenters. The summed E-state index contributed by atoms with van der Waals surface area (Å²) in [5.41, 5.74) is 1.53. The molecule has 25 heavy (non-hydrogen) atoms. The van der Waals surface area contributed by atoms with Crippen LogP contribution in [0.1, 0.15) is 28.5 Å². The number of aromatic nitrogens is 2. The Kier molecular flexibility index (Phi) is 4.49. The van der Waals surface area contributed by atoms with Gasteiger partial charge < -0.3 is 5.11 Å². The van der Waals surface area contributed by atoms with Crippen LogP contribution in [-0.4, -0.2) is 46.5 Å². The van der Waals surface area contributed by atoms with Crippen molar-refractivity contribution < 1.29 is 18.3 Å². The number of β-amino-alcohol motifs (C(OH)–C–C–N with tert-alkyl or cyclic N) is 1. The Balaban J connectivity index is 2.22. The molecule has 0 radical (unpaired) electrons. The molecule has 1 N–H and O–H groups in total. The number of allylic oxidation sites excluding steroid dienone is 1. The maximum atomic E-state index is 12.9. The first kappa shape index (κ1) is 17.4. The summed E-state index contributed by atoms with van der Waals surface area (Å²) in [6.45, 7) is 3.83. The molecule has 1 aromatic heterocycles. The van der Waals surface area contributed by atoms with Crippen molar-refractivity contribution in [3.8, 4) is 0 Å². The zero-order valence-corrected chi connectivity index (χ0v) is 14.8. The van der Waals surface area contributed by atoms with Crippen LogP contribution in [0.15, 0.2) is 41.1 Å². The third-order valence-corrected chi connectivity index (χ3v) is 5.98. The van der Waals surface area contributed by atoms with Crippen LogP contribution in [0.2, 0.25) is 0 Å². The quantitative estimate of drug-likeness (QED) is 0.832. The molecule has 7 nitrogen and oxygen atoms in total. The van der Waals surface area contributed by atoms with Crippen molar-refractivity contribution in [1.82, 2.24) is 14.1 Å². The van der Waals surface area contributed by atoms with Crippen LogP contribution in [0, 0.1) is 6.92 Å². The molecule has 132 valence electrons. The molecular formula is C17H19N3O4S. The van der Waals surface area contributed by atoms with Gasteiger partial charge in [-0.2, -0.15) is 5.10 Å². The Hall–Kier alpha value is -2.45. The molecule has 1 aliphatic heterocycles. The second-order valence-electron chi connectivity index (χ2n) is 5.68. The van der Waals surface area contributed by atoms with E-state index < -0.39 is 10.0 Å². The highest BCUT2D eigenvalue weighted by atomic mass is 32.2. The highest BCUT2D eigenvalue weighted by Crippen LogP contribution is 2.33. The molecular weight excluding hydrogens is 342 g/mol. The van der Waals surface area contributed by atoms with E-state index in [0.717, 1.165) is 4.31 Å². The average Bonchev–Trinajstić information content (AvgIpc) is 2.96. The van der Waals surface area contributed by atoms with E-state index >= 15 is 0 Å². The van der Waals surface area contributed by atoms with Gasteiger partial charge in [-0.05, 0) is 32.1 Å². The Labute approximate surface area is 146 Å². The Morgan fingerprint density at radius 1 is 1.28 bits per heavy atom. The highest BCUT2D eigenvalue weighted by molar-refractivity contribution is 7.89. The topological polar surface area (TPSA) is 92.5 Å². The fraction of sp³-hybridized carbons (Fsp3) is 0.294. The van der Waals surface area contributed by atoms with E-state index in [0.29, 0.717) is 17.8 Å². The SMILES string of the molecule is CCn1cc(/C=C2/C(=O)c3ccccc3S(=O)(=O)N2CCO)c(C)n1. The van der Waals surface area contributed by atoms with Crippen LogP contribution in [0.3, 0.4) is 0 Å². The number of hydrogen-bond donors (Lipinski definition) is 1. The van der Waals surface area contributed by atoms with Gasteiger partial charge in [0.25, 0.3) is 10.0 Å². The fourth-order valence-electron chi connectivity index (χ4n) is 2.83. The van der Waals surface area contributed by atoms with Gasteiger partial charge in [-0.15, -0.1) is 0 Å². The number of aliphatic hydroxyl groups excluding tert-OH is 1. The van der Waals surface area contributed by atoms with Crippen molar-refractivity contribution in [1.29, 1.82) is 0 Å². The number of ketones is 1. The van der Waals surface area contributed by atoms with Crippen LogP contribution in [0.25, 0.3) is 6.08 Å². The van der Waals surface area contributed by atoms with Gasteiger partial charge in [-0.3, -0.25) is 13.8 Å². The second-order valence-corrected chi connectivity index (χ2v) is 7.51. The lowest BCUT2D eigenvalue weighted by Gasteiger charge is -2.30. The number of sulfonamides is 1. The summed E-state index contributed by atoms with van der Waals surface area (Å²) < 4.78 is 28.5. The highest BCUT2D eigenvalue weighted by Gasteiger charge is 2.38. The number of hydrogen-bond acceptors (Lipinski definition) is 5. The molecule has 0 fully saturated rings. The van der Waals surface area contributed by atoms with Crippen LogP contribution < -0.4 is 0 Å². The molecule has 0 aliphatic carbocycles. The number of rotatable bonds is 4. The molecule has 0 atom stereocenters. The molecule has 2 heterocycles. The van der Waals surface area contributed by atoms with Crippen LogP contribution >= 0.6 is 0 Å². The largest absolute Gasteiger partial charge is 0.394 e. The lowest BCUT2D eigenvalue weighted by Crippen LogP contribution is -2.40. The Morgan fingerprint density at radius 2 is 2.00 bits per heavy atom. The van der Waals surface area contributed by atoms with Gasteiger partial charge in [0.1, 0.15) is 5.70 Å². The van der Waals surface area contributed by atoms with E-state index in [4.69, 9.17) is 0 Å².